The topological polar surface area (TPSA) is 26.3 Å². The first-order valence-electron chi connectivity index (χ1n) is 6.55. The van der Waals surface area contributed by atoms with E-state index >= 15 is 0 Å². The number of Topliss-reactive ketones (excluding diaryl/α,β-unsaturated/α-hetero) is 1. The fourth-order valence-corrected chi connectivity index (χ4v) is 2.00. The van der Waals surface area contributed by atoms with E-state index in [1.54, 1.807) is 13.0 Å². The molecule has 0 spiro atoms. The molecule has 0 aliphatic heterocycles. The number of rotatable bonds is 5. The van der Waals surface area contributed by atoms with E-state index in [1.165, 1.54) is 12.1 Å². The van der Waals surface area contributed by atoms with Gasteiger partial charge >= 0.3 is 0 Å². The fraction of sp³-hybridized carbons (Fsp3) is 0.235. The Kier molecular flexibility index (Phi) is 4.51. The minimum Gasteiger partial charge on any atom is -0.493 e. The van der Waals surface area contributed by atoms with Gasteiger partial charge < -0.3 is 4.74 Å². The van der Waals surface area contributed by atoms with Crippen LogP contribution in [0.15, 0.2) is 42.5 Å². The molecule has 2 aromatic carbocycles. The highest BCUT2D eigenvalue weighted by Crippen LogP contribution is 2.15. The summed E-state index contributed by atoms with van der Waals surface area (Å²) in [7, 11) is 0. The molecule has 2 rings (SSSR count). The molecular formula is C17H17FO2. The molecule has 0 unspecified atom stereocenters. The molecule has 0 atom stereocenters. The highest BCUT2D eigenvalue weighted by Gasteiger charge is 2.10. The number of hydrogen-bond donors (Lipinski definition) is 0. The molecule has 0 aromatic heterocycles. The molecule has 104 valence electrons. The van der Waals surface area contributed by atoms with Crippen LogP contribution in [-0.4, -0.2) is 12.4 Å². The van der Waals surface area contributed by atoms with Gasteiger partial charge in [-0.15, -0.1) is 0 Å². The number of ether oxygens (including phenoxy) is 1. The van der Waals surface area contributed by atoms with Crippen LogP contribution in [0.3, 0.4) is 0 Å². The predicted octanol–water partition coefficient (Wildman–Crippen LogP) is 4.09. The van der Waals surface area contributed by atoms with Gasteiger partial charge in [-0.1, -0.05) is 18.2 Å². The Morgan fingerprint density at radius 2 is 1.95 bits per heavy atom. The molecule has 2 nitrogen and oxygen atoms in total. The summed E-state index contributed by atoms with van der Waals surface area (Å²) in [6.07, 6.45) is 0.234. The van der Waals surface area contributed by atoms with E-state index in [2.05, 4.69) is 0 Å². The van der Waals surface area contributed by atoms with Crippen molar-refractivity contribution in [1.29, 1.82) is 0 Å². The van der Waals surface area contributed by atoms with Crippen molar-refractivity contribution in [3.8, 4) is 5.75 Å². The summed E-state index contributed by atoms with van der Waals surface area (Å²) in [5.74, 6) is 0.252. The van der Waals surface area contributed by atoms with Gasteiger partial charge in [-0.2, -0.15) is 0 Å². The van der Waals surface area contributed by atoms with Crippen LogP contribution in [0, 0.1) is 19.7 Å². The van der Waals surface area contributed by atoms with Gasteiger partial charge in [-0.3, -0.25) is 4.79 Å². The summed E-state index contributed by atoms with van der Waals surface area (Å²) in [6, 6.07) is 11.9. The number of halogens is 1. The van der Waals surface area contributed by atoms with Gasteiger partial charge in [0.1, 0.15) is 11.6 Å². The molecule has 0 saturated carbocycles. The van der Waals surface area contributed by atoms with Crippen molar-refractivity contribution >= 4 is 5.78 Å². The fourth-order valence-electron chi connectivity index (χ4n) is 2.00. The van der Waals surface area contributed by atoms with Gasteiger partial charge in [0.15, 0.2) is 5.78 Å². The maximum atomic E-state index is 13.2. The maximum absolute atomic E-state index is 13.2. The highest BCUT2D eigenvalue weighted by molar-refractivity contribution is 5.97. The monoisotopic (exact) mass is 272 g/mol. The van der Waals surface area contributed by atoms with E-state index in [-0.39, 0.29) is 18.8 Å². The molecule has 0 N–H and O–H groups in total. The lowest BCUT2D eigenvalue weighted by molar-refractivity contribution is 0.0961. The van der Waals surface area contributed by atoms with Gasteiger partial charge in [0.25, 0.3) is 0 Å². The first kappa shape index (κ1) is 14.3. The van der Waals surface area contributed by atoms with Gasteiger partial charge in [0.2, 0.25) is 0 Å². The Bertz CT molecular complexity index is 620. The van der Waals surface area contributed by atoms with Crippen molar-refractivity contribution in [1.82, 2.24) is 0 Å². The number of hydrogen-bond acceptors (Lipinski definition) is 2. The van der Waals surface area contributed by atoms with Crippen molar-refractivity contribution in [2.75, 3.05) is 6.61 Å². The highest BCUT2D eigenvalue weighted by atomic mass is 19.1. The standard InChI is InChI=1S/C17H17FO2/c1-12-4-3-5-15(10-12)20-9-8-17(19)16-11-14(18)7-6-13(16)2/h3-7,10-11H,8-9H2,1-2H3. The minimum absolute atomic E-state index is 0.102. The molecule has 0 fully saturated rings. The molecular weight excluding hydrogens is 255 g/mol. The molecule has 0 aliphatic rings. The Balaban J connectivity index is 1.94. The summed E-state index contributed by atoms with van der Waals surface area (Å²) in [6.45, 7) is 4.07. The summed E-state index contributed by atoms with van der Waals surface area (Å²) in [5.41, 5.74) is 2.32. The van der Waals surface area contributed by atoms with Gasteiger partial charge in [-0.25, -0.2) is 4.39 Å². The summed E-state index contributed by atoms with van der Waals surface area (Å²) < 4.78 is 18.7. The summed E-state index contributed by atoms with van der Waals surface area (Å²) in [5, 5.41) is 0. The number of carbonyl (C=O) groups excluding carboxylic acids is 1. The molecule has 0 radical (unpaired) electrons. The third kappa shape index (κ3) is 3.67. The third-order valence-corrected chi connectivity index (χ3v) is 3.09. The zero-order chi connectivity index (χ0) is 14.5. The van der Waals surface area contributed by atoms with Crippen LogP contribution < -0.4 is 4.74 Å². The van der Waals surface area contributed by atoms with E-state index in [1.807, 2.05) is 31.2 Å². The Hall–Kier alpha value is -2.16. The zero-order valence-electron chi connectivity index (χ0n) is 11.7. The number of ketones is 1. The van der Waals surface area contributed by atoms with Crippen molar-refractivity contribution in [2.24, 2.45) is 0 Å². The van der Waals surface area contributed by atoms with Crippen molar-refractivity contribution in [3.05, 3.63) is 65.0 Å². The molecule has 2 aromatic rings. The van der Waals surface area contributed by atoms with E-state index in [0.29, 0.717) is 5.56 Å². The number of benzene rings is 2. The van der Waals surface area contributed by atoms with E-state index in [9.17, 15) is 9.18 Å². The van der Waals surface area contributed by atoms with Crippen LogP contribution >= 0.6 is 0 Å². The summed E-state index contributed by atoms with van der Waals surface area (Å²) >= 11 is 0. The smallest absolute Gasteiger partial charge is 0.166 e. The van der Waals surface area contributed by atoms with Crippen molar-refractivity contribution < 1.29 is 13.9 Å². The predicted molar refractivity (Wildman–Crippen MR) is 76.8 cm³/mol. The van der Waals surface area contributed by atoms with E-state index in [4.69, 9.17) is 4.74 Å². The normalized spacial score (nSPS) is 10.3. The Morgan fingerprint density at radius 3 is 2.70 bits per heavy atom. The van der Waals surface area contributed by atoms with Gasteiger partial charge in [-0.05, 0) is 49.2 Å². The molecule has 0 bridgehead atoms. The SMILES string of the molecule is Cc1cccc(OCCC(=O)c2cc(F)ccc2C)c1. The maximum Gasteiger partial charge on any atom is 0.166 e. The second kappa shape index (κ2) is 6.33. The van der Waals surface area contributed by atoms with Crippen LogP contribution in [0.1, 0.15) is 27.9 Å². The second-order valence-corrected chi connectivity index (χ2v) is 4.80. The van der Waals surface area contributed by atoms with Gasteiger partial charge in [0, 0.05) is 12.0 Å². The lowest BCUT2D eigenvalue weighted by Gasteiger charge is -2.08. The van der Waals surface area contributed by atoms with Gasteiger partial charge in [0.05, 0.1) is 6.61 Å². The second-order valence-electron chi connectivity index (χ2n) is 4.80. The molecule has 3 heteroatoms. The first-order chi connectivity index (χ1) is 9.56. The average Bonchev–Trinajstić information content (AvgIpc) is 2.41. The van der Waals surface area contributed by atoms with Crippen LogP contribution in [0.2, 0.25) is 0 Å². The van der Waals surface area contributed by atoms with Crippen LogP contribution in [0.5, 0.6) is 5.75 Å². The number of carbonyl (C=O) groups is 1. The third-order valence-electron chi connectivity index (χ3n) is 3.09. The van der Waals surface area contributed by atoms with Crippen LogP contribution in [-0.2, 0) is 0 Å². The molecule has 0 aliphatic carbocycles. The molecule has 0 saturated heterocycles. The van der Waals surface area contributed by atoms with Crippen LogP contribution in [0.4, 0.5) is 4.39 Å². The average molecular weight is 272 g/mol. The lowest BCUT2D eigenvalue weighted by atomic mass is 10.0. The minimum atomic E-state index is -0.390. The Morgan fingerprint density at radius 1 is 1.15 bits per heavy atom. The van der Waals surface area contributed by atoms with Crippen LogP contribution in [0.25, 0.3) is 0 Å². The zero-order valence-corrected chi connectivity index (χ0v) is 11.7. The van der Waals surface area contributed by atoms with E-state index in [0.717, 1.165) is 16.9 Å². The molecule has 20 heavy (non-hydrogen) atoms. The largest absolute Gasteiger partial charge is 0.493 e. The quantitative estimate of drug-likeness (QED) is 0.766. The van der Waals surface area contributed by atoms with Crippen molar-refractivity contribution in [3.63, 3.8) is 0 Å². The number of aryl methyl sites for hydroxylation is 2. The first-order valence-corrected chi connectivity index (χ1v) is 6.55. The summed E-state index contributed by atoms with van der Waals surface area (Å²) in [4.78, 5) is 12.0. The lowest BCUT2D eigenvalue weighted by Crippen LogP contribution is -2.08. The Labute approximate surface area is 118 Å². The van der Waals surface area contributed by atoms with E-state index < -0.39 is 5.82 Å². The molecule has 0 amide bonds. The van der Waals surface area contributed by atoms with Crippen molar-refractivity contribution in [2.45, 2.75) is 20.3 Å². The molecule has 0 heterocycles.